The zero-order valence-corrected chi connectivity index (χ0v) is 11.9. The van der Waals surface area contributed by atoms with Crippen molar-refractivity contribution in [1.82, 2.24) is 5.32 Å². The van der Waals surface area contributed by atoms with Crippen molar-refractivity contribution < 1.29 is 4.79 Å². The van der Waals surface area contributed by atoms with Gasteiger partial charge < -0.3 is 11.1 Å². The van der Waals surface area contributed by atoms with Crippen molar-refractivity contribution in [1.29, 1.82) is 0 Å². The molecule has 0 spiro atoms. The molecule has 1 aromatic carbocycles. The largest absolute Gasteiger partial charge is 0.368 e. The minimum absolute atomic E-state index is 0.195. The third kappa shape index (κ3) is 5.10. The molecular weight excluding hydrogens is 244 g/mol. The summed E-state index contributed by atoms with van der Waals surface area (Å²) in [5.74, 6) is 1.67. The van der Waals surface area contributed by atoms with Crippen LogP contribution < -0.4 is 11.1 Å². The van der Waals surface area contributed by atoms with Gasteiger partial charge in [0.25, 0.3) is 0 Å². The van der Waals surface area contributed by atoms with Gasteiger partial charge in [-0.05, 0) is 36.8 Å². The number of likely N-dealkylation sites (N-methyl/N-ethyl adjacent to an activating group) is 1. The van der Waals surface area contributed by atoms with Crippen molar-refractivity contribution in [3.8, 4) is 0 Å². The monoisotopic (exact) mass is 266 g/mol. The number of carbonyl (C=O) groups is 1. The lowest BCUT2D eigenvalue weighted by Crippen LogP contribution is -2.41. The molecule has 0 aliphatic heterocycles. The Morgan fingerprint density at radius 1 is 1.44 bits per heavy atom. The summed E-state index contributed by atoms with van der Waals surface area (Å²) in [6, 6.07) is 8.20. The molecule has 100 valence electrons. The van der Waals surface area contributed by atoms with Crippen molar-refractivity contribution in [2.75, 3.05) is 12.3 Å². The molecule has 1 rings (SSSR count). The first-order chi connectivity index (χ1) is 8.65. The SMILES string of the molecule is CCNC(CCSCc1ccccc1C)C(N)=O. The highest BCUT2D eigenvalue weighted by Crippen LogP contribution is 2.16. The number of nitrogens with two attached hydrogens (primary N) is 1. The summed E-state index contributed by atoms with van der Waals surface area (Å²) in [6.07, 6.45) is 0.791. The number of benzene rings is 1. The van der Waals surface area contributed by atoms with E-state index in [1.807, 2.05) is 18.7 Å². The maximum Gasteiger partial charge on any atom is 0.234 e. The second-order valence-corrected chi connectivity index (χ2v) is 5.39. The Labute approximate surface area is 114 Å². The molecule has 0 aromatic heterocycles. The Kier molecular flexibility index (Phi) is 6.83. The van der Waals surface area contributed by atoms with Gasteiger partial charge in [-0.2, -0.15) is 11.8 Å². The van der Waals surface area contributed by atoms with Gasteiger partial charge in [0.15, 0.2) is 0 Å². The van der Waals surface area contributed by atoms with E-state index in [2.05, 4.69) is 36.5 Å². The zero-order chi connectivity index (χ0) is 13.4. The Morgan fingerprint density at radius 2 is 2.17 bits per heavy atom. The minimum Gasteiger partial charge on any atom is -0.368 e. The van der Waals surface area contributed by atoms with Gasteiger partial charge in [-0.25, -0.2) is 0 Å². The van der Waals surface area contributed by atoms with Gasteiger partial charge in [0.1, 0.15) is 0 Å². The number of carbonyl (C=O) groups excluding carboxylic acids is 1. The van der Waals surface area contributed by atoms with Crippen LogP contribution in [-0.4, -0.2) is 24.2 Å². The topological polar surface area (TPSA) is 55.1 Å². The molecule has 0 aliphatic carbocycles. The van der Waals surface area contributed by atoms with Gasteiger partial charge in [0, 0.05) is 5.75 Å². The highest BCUT2D eigenvalue weighted by molar-refractivity contribution is 7.98. The minimum atomic E-state index is -0.256. The Morgan fingerprint density at radius 3 is 2.78 bits per heavy atom. The first-order valence-corrected chi connectivity index (χ1v) is 7.45. The average molecular weight is 266 g/mol. The Bertz CT molecular complexity index is 382. The van der Waals surface area contributed by atoms with Crippen molar-refractivity contribution >= 4 is 17.7 Å². The van der Waals surface area contributed by atoms with E-state index < -0.39 is 0 Å². The molecule has 0 saturated carbocycles. The highest BCUT2D eigenvalue weighted by atomic mass is 32.2. The van der Waals surface area contributed by atoms with Gasteiger partial charge in [0.2, 0.25) is 5.91 Å². The molecular formula is C14H22N2OS. The van der Waals surface area contributed by atoms with Crippen LogP contribution in [0.25, 0.3) is 0 Å². The molecule has 1 unspecified atom stereocenters. The van der Waals surface area contributed by atoms with E-state index in [4.69, 9.17) is 5.73 Å². The third-order valence-corrected chi connectivity index (χ3v) is 3.90. The molecule has 3 nitrogen and oxygen atoms in total. The summed E-state index contributed by atoms with van der Waals surface area (Å²) in [7, 11) is 0. The van der Waals surface area contributed by atoms with Crippen LogP contribution >= 0.6 is 11.8 Å². The molecule has 0 bridgehead atoms. The molecule has 0 heterocycles. The van der Waals surface area contributed by atoms with Gasteiger partial charge in [0.05, 0.1) is 6.04 Å². The second kappa shape index (κ2) is 8.16. The standard InChI is InChI=1S/C14H22N2OS/c1-3-16-13(14(15)17)8-9-18-10-12-7-5-4-6-11(12)2/h4-7,13,16H,3,8-10H2,1-2H3,(H2,15,17). The quantitative estimate of drug-likeness (QED) is 0.708. The Balaban J connectivity index is 2.30. The molecule has 0 fully saturated rings. The highest BCUT2D eigenvalue weighted by Gasteiger charge is 2.12. The lowest BCUT2D eigenvalue weighted by molar-refractivity contribution is -0.120. The van der Waals surface area contributed by atoms with E-state index in [-0.39, 0.29) is 11.9 Å². The zero-order valence-electron chi connectivity index (χ0n) is 11.1. The number of amides is 1. The maximum absolute atomic E-state index is 11.2. The molecule has 1 aromatic rings. The number of hydrogen-bond acceptors (Lipinski definition) is 3. The smallest absolute Gasteiger partial charge is 0.234 e. The summed E-state index contributed by atoms with van der Waals surface area (Å²) in [4.78, 5) is 11.2. The fraction of sp³-hybridized carbons (Fsp3) is 0.500. The molecule has 1 amide bonds. The predicted octanol–water partition coefficient (Wildman–Crippen LogP) is 2.08. The van der Waals surface area contributed by atoms with E-state index in [1.165, 1.54) is 11.1 Å². The fourth-order valence-electron chi connectivity index (χ4n) is 1.75. The van der Waals surface area contributed by atoms with Crippen molar-refractivity contribution in [2.24, 2.45) is 5.73 Å². The van der Waals surface area contributed by atoms with Crippen LogP contribution in [0.4, 0.5) is 0 Å². The van der Waals surface area contributed by atoms with E-state index in [9.17, 15) is 4.79 Å². The second-order valence-electron chi connectivity index (χ2n) is 4.28. The van der Waals surface area contributed by atoms with Crippen LogP contribution in [0.3, 0.4) is 0 Å². The van der Waals surface area contributed by atoms with Gasteiger partial charge in [-0.15, -0.1) is 0 Å². The number of aryl methyl sites for hydroxylation is 1. The summed E-state index contributed by atoms with van der Waals surface area (Å²) >= 11 is 1.84. The van der Waals surface area contributed by atoms with E-state index in [1.54, 1.807) is 0 Å². The Hall–Kier alpha value is -1.00. The lowest BCUT2D eigenvalue weighted by atomic mass is 10.1. The summed E-state index contributed by atoms with van der Waals surface area (Å²) in [5, 5.41) is 3.10. The van der Waals surface area contributed by atoms with Crippen LogP contribution in [0, 0.1) is 6.92 Å². The first kappa shape index (κ1) is 15.1. The van der Waals surface area contributed by atoms with Crippen molar-refractivity contribution in [3.05, 3.63) is 35.4 Å². The van der Waals surface area contributed by atoms with E-state index in [0.29, 0.717) is 0 Å². The predicted molar refractivity (Wildman–Crippen MR) is 78.6 cm³/mol. The third-order valence-electron chi connectivity index (χ3n) is 2.86. The molecule has 0 radical (unpaired) electrons. The normalized spacial score (nSPS) is 12.3. The van der Waals surface area contributed by atoms with Crippen LogP contribution in [0.1, 0.15) is 24.5 Å². The van der Waals surface area contributed by atoms with Crippen LogP contribution in [0.5, 0.6) is 0 Å². The fourth-order valence-corrected chi connectivity index (χ4v) is 2.84. The maximum atomic E-state index is 11.2. The summed E-state index contributed by atoms with van der Waals surface area (Å²) < 4.78 is 0. The van der Waals surface area contributed by atoms with Crippen molar-refractivity contribution in [3.63, 3.8) is 0 Å². The molecule has 3 N–H and O–H groups in total. The van der Waals surface area contributed by atoms with Gasteiger partial charge >= 0.3 is 0 Å². The van der Waals surface area contributed by atoms with Crippen molar-refractivity contribution in [2.45, 2.75) is 32.1 Å². The molecule has 18 heavy (non-hydrogen) atoms. The van der Waals surface area contributed by atoms with Gasteiger partial charge in [-0.3, -0.25) is 4.79 Å². The van der Waals surface area contributed by atoms with E-state index >= 15 is 0 Å². The summed E-state index contributed by atoms with van der Waals surface area (Å²) in [5.41, 5.74) is 8.01. The number of nitrogens with one attached hydrogen (secondary N) is 1. The first-order valence-electron chi connectivity index (χ1n) is 6.30. The van der Waals surface area contributed by atoms with Crippen LogP contribution in [0.2, 0.25) is 0 Å². The molecule has 0 saturated heterocycles. The average Bonchev–Trinajstić information content (AvgIpc) is 2.35. The lowest BCUT2D eigenvalue weighted by Gasteiger charge is -2.13. The van der Waals surface area contributed by atoms with Crippen LogP contribution in [0.15, 0.2) is 24.3 Å². The van der Waals surface area contributed by atoms with E-state index in [0.717, 1.165) is 24.5 Å². The number of primary amides is 1. The molecule has 0 aliphatic rings. The molecule has 4 heteroatoms. The number of thioether (sulfide) groups is 1. The number of rotatable bonds is 8. The summed E-state index contributed by atoms with van der Waals surface area (Å²) in [6.45, 7) is 4.88. The van der Waals surface area contributed by atoms with Crippen LogP contribution in [-0.2, 0) is 10.5 Å². The number of hydrogen-bond donors (Lipinski definition) is 2. The van der Waals surface area contributed by atoms with Gasteiger partial charge in [-0.1, -0.05) is 31.2 Å². The molecule has 1 atom stereocenters.